The van der Waals surface area contributed by atoms with E-state index in [1.54, 1.807) is 7.11 Å². The van der Waals surface area contributed by atoms with E-state index in [9.17, 15) is 5.11 Å². The molecule has 0 aliphatic carbocycles. The van der Waals surface area contributed by atoms with Gasteiger partial charge in [-0.05, 0) is 32.6 Å². The Kier molecular flexibility index (Phi) is 5.78. The van der Waals surface area contributed by atoms with Crippen LogP contribution < -0.4 is 5.73 Å². The Bertz CT molecular complexity index is 174. The molecule has 0 spiro atoms. The minimum atomic E-state index is -0.157. The van der Waals surface area contributed by atoms with Gasteiger partial charge >= 0.3 is 0 Å². The molecule has 0 bridgehead atoms. The van der Waals surface area contributed by atoms with Crippen LogP contribution in [0.25, 0.3) is 0 Å². The molecular weight excluding hydrogens is 190 g/mol. The van der Waals surface area contributed by atoms with Crippen molar-refractivity contribution >= 4 is 0 Å². The van der Waals surface area contributed by atoms with Crippen LogP contribution in [0.2, 0.25) is 0 Å². The number of methoxy groups -OCH3 is 1. The Morgan fingerprint density at radius 2 is 1.80 bits per heavy atom. The highest BCUT2D eigenvalue weighted by Gasteiger charge is 2.33. The van der Waals surface area contributed by atoms with Crippen LogP contribution in [0.1, 0.15) is 40.5 Å². The molecule has 0 fully saturated rings. The Morgan fingerprint density at radius 3 is 2.07 bits per heavy atom. The predicted octanol–water partition coefficient (Wildman–Crippen LogP) is 1.78. The van der Waals surface area contributed by atoms with Crippen molar-refractivity contribution in [3.8, 4) is 0 Å². The van der Waals surface area contributed by atoms with Crippen molar-refractivity contribution in [2.45, 2.75) is 46.1 Å². The fraction of sp³-hybridized carbons (Fsp3) is 1.00. The zero-order valence-corrected chi connectivity index (χ0v) is 10.8. The maximum Gasteiger partial charge on any atom is 0.0623 e. The molecule has 0 amide bonds. The van der Waals surface area contributed by atoms with Crippen molar-refractivity contribution in [1.82, 2.24) is 0 Å². The molecule has 0 rings (SSSR count). The summed E-state index contributed by atoms with van der Waals surface area (Å²) in [5, 5.41) is 9.50. The highest BCUT2D eigenvalue weighted by molar-refractivity contribution is 4.85. The number of nitrogens with two attached hydrogens (primary N) is 1. The Hall–Kier alpha value is -0.120. The summed E-state index contributed by atoms with van der Waals surface area (Å²) in [4.78, 5) is 0. The zero-order valence-electron chi connectivity index (χ0n) is 10.8. The topological polar surface area (TPSA) is 55.5 Å². The number of ether oxygens (including phenoxy) is 1. The molecule has 0 saturated carbocycles. The number of hydrogen-bond donors (Lipinski definition) is 2. The predicted molar refractivity (Wildman–Crippen MR) is 63.7 cm³/mol. The van der Waals surface area contributed by atoms with Crippen LogP contribution in [0.5, 0.6) is 0 Å². The summed E-state index contributed by atoms with van der Waals surface area (Å²) < 4.78 is 5.38. The second kappa shape index (κ2) is 5.83. The summed E-state index contributed by atoms with van der Waals surface area (Å²) in [5.74, 6) is 0.389. The second-order valence-electron chi connectivity index (χ2n) is 5.34. The van der Waals surface area contributed by atoms with E-state index >= 15 is 0 Å². The highest BCUT2D eigenvalue weighted by Crippen LogP contribution is 2.34. The third-order valence-corrected chi connectivity index (χ3v) is 3.72. The molecule has 0 saturated heterocycles. The first-order chi connectivity index (χ1) is 6.83. The molecule has 92 valence electrons. The van der Waals surface area contributed by atoms with Crippen LogP contribution in [-0.2, 0) is 4.74 Å². The number of aliphatic hydroxyl groups is 1. The number of aliphatic hydroxyl groups excluding tert-OH is 1. The van der Waals surface area contributed by atoms with Gasteiger partial charge in [-0.15, -0.1) is 0 Å². The van der Waals surface area contributed by atoms with Crippen LogP contribution in [-0.4, -0.2) is 31.0 Å². The van der Waals surface area contributed by atoms with Crippen LogP contribution in [0.4, 0.5) is 0 Å². The van der Waals surface area contributed by atoms with Gasteiger partial charge in [0.15, 0.2) is 0 Å². The van der Waals surface area contributed by atoms with Gasteiger partial charge < -0.3 is 15.6 Å². The smallest absolute Gasteiger partial charge is 0.0623 e. The molecule has 0 aliphatic heterocycles. The standard InChI is InChI=1S/C12H27NO2/c1-10(2)12(8-13,9-14)7-6-11(3,4)15-5/h10,14H,6-9,13H2,1-5H3. The van der Waals surface area contributed by atoms with Gasteiger partial charge in [0.1, 0.15) is 0 Å². The minimum absolute atomic E-state index is 0.134. The van der Waals surface area contributed by atoms with E-state index in [0.717, 1.165) is 12.8 Å². The average Bonchev–Trinajstić information content (AvgIpc) is 2.20. The molecule has 0 aromatic carbocycles. The van der Waals surface area contributed by atoms with E-state index in [0.29, 0.717) is 12.5 Å². The lowest BCUT2D eigenvalue weighted by atomic mass is 9.73. The molecule has 0 heterocycles. The van der Waals surface area contributed by atoms with Crippen molar-refractivity contribution in [2.24, 2.45) is 17.1 Å². The Morgan fingerprint density at radius 1 is 1.27 bits per heavy atom. The van der Waals surface area contributed by atoms with Crippen molar-refractivity contribution in [1.29, 1.82) is 0 Å². The first kappa shape index (κ1) is 14.9. The lowest BCUT2D eigenvalue weighted by Crippen LogP contribution is -2.41. The second-order valence-corrected chi connectivity index (χ2v) is 5.34. The SMILES string of the molecule is COC(C)(C)CCC(CN)(CO)C(C)C. The van der Waals surface area contributed by atoms with Crippen LogP contribution in [0.3, 0.4) is 0 Å². The molecule has 1 unspecified atom stereocenters. The van der Waals surface area contributed by atoms with E-state index in [-0.39, 0.29) is 17.6 Å². The summed E-state index contributed by atoms with van der Waals surface area (Å²) in [6.07, 6.45) is 1.82. The van der Waals surface area contributed by atoms with Gasteiger partial charge in [-0.2, -0.15) is 0 Å². The molecular formula is C12H27NO2. The third-order valence-electron chi connectivity index (χ3n) is 3.72. The molecule has 3 N–H and O–H groups in total. The summed E-state index contributed by atoms with van der Waals surface area (Å²) in [6, 6.07) is 0. The van der Waals surface area contributed by atoms with Crippen LogP contribution >= 0.6 is 0 Å². The lowest BCUT2D eigenvalue weighted by molar-refractivity contribution is -0.0112. The maximum atomic E-state index is 9.50. The third kappa shape index (κ3) is 4.09. The largest absolute Gasteiger partial charge is 0.396 e. The van der Waals surface area contributed by atoms with Crippen LogP contribution in [0.15, 0.2) is 0 Å². The molecule has 0 aliphatic rings. The van der Waals surface area contributed by atoms with Gasteiger partial charge in [0.25, 0.3) is 0 Å². The van der Waals surface area contributed by atoms with Gasteiger partial charge in [0, 0.05) is 19.1 Å². The van der Waals surface area contributed by atoms with Crippen molar-refractivity contribution in [2.75, 3.05) is 20.3 Å². The lowest BCUT2D eigenvalue weighted by Gasteiger charge is -2.37. The Labute approximate surface area is 94.0 Å². The summed E-state index contributed by atoms with van der Waals surface area (Å²) in [5.41, 5.74) is 5.50. The van der Waals surface area contributed by atoms with Gasteiger partial charge in [-0.3, -0.25) is 0 Å². The Balaban J connectivity index is 4.43. The quantitative estimate of drug-likeness (QED) is 0.683. The molecule has 3 heteroatoms. The van der Waals surface area contributed by atoms with Gasteiger partial charge in [0.05, 0.1) is 12.2 Å². The molecule has 3 nitrogen and oxygen atoms in total. The van der Waals surface area contributed by atoms with E-state index in [1.807, 2.05) is 0 Å². The first-order valence-electron chi connectivity index (χ1n) is 5.69. The molecule has 0 aromatic heterocycles. The van der Waals surface area contributed by atoms with Crippen molar-refractivity contribution in [3.05, 3.63) is 0 Å². The minimum Gasteiger partial charge on any atom is -0.396 e. The molecule has 1 atom stereocenters. The van der Waals surface area contributed by atoms with E-state index in [4.69, 9.17) is 10.5 Å². The summed E-state index contributed by atoms with van der Waals surface area (Å²) >= 11 is 0. The van der Waals surface area contributed by atoms with Crippen LogP contribution in [0, 0.1) is 11.3 Å². The van der Waals surface area contributed by atoms with Gasteiger partial charge in [0.2, 0.25) is 0 Å². The maximum absolute atomic E-state index is 9.50. The first-order valence-corrected chi connectivity index (χ1v) is 5.69. The molecule has 0 aromatic rings. The average molecular weight is 217 g/mol. The summed E-state index contributed by atoms with van der Waals surface area (Å²) in [7, 11) is 1.72. The van der Waals surface area contributed by atoms with Crippen molar-refractivity contribution < 1.29 is 9.84 Å². The molecule has 15 heavy (non-hydrogen) atoms. The van der Waals surface area contributed by atoms with E-state index in [2.05, 4.69) is 27.7 Å². The normalized spacial score (nSPS) is 16.8. The zero-order chi connectivity index (χ0) is 12.1. The van der Waals surface area contributed by atoms with E-state index < -0.39 is 0 Å². The van der Waals surface area contributed by atoms with Gasteiger partial charge in [-0.1, -0.05) is 13.8 Å². The fourth-order valence-electron chi connectivity index (χ4n) is 1.60. The number of hydrogen-bond acceptors (Lipinski definition) is 3. The van der Waals surface area contributed by atoms with Crippen molar-refractivity contribution in [3.63, 3.8) is 0 Å². The molecule has 0 radical (unpaired) electrons. The highest BCUT2D eigenvalue weighted by atomic mass is 16.5. The fourth-order valence-corrected chi connectivity index (χ4v) is 1.60. The number of rotatable bonds is 7. The van der Waals surface area contributed by atoms with E-state index in [1.165, 1.54) is 0 Å². The van der Waals surface area contributed by atoms with Gasteiger partial charge in [-0.25, -0.2) is 0 Å². The summed E-state index contributed by atoms with van der Waals surface area (Å²) in [6.45, 7) is 9.03. The monoisotopic (exact) mass is 217 g/mol.